The van der Waals surface area contributed by atoms with E-state index in [1.165, 1.54) is 0 Å². The summed E-state index contributed by atoms with van der Waals surface area (Å²) in [4.78, 5) is 13.9. The van der Waals surface area contributed by atoms with Crippen molar-refractivity contribution < 1.29 is 8.78 Å². The van der Waals surface area contributed by atoms with Gasteiger partial charge in [-0.05, 0) is 30.8 Å². The van der Waals surface area contributed by atoms with Gasteiger partial charge in [0.05, 0.1) is 0 Å². The van der Waals surface area contributed by atoms with Crippen LogP contribution < -0.4 is 15.5 Å². The lowest BCUT2D eigenvalue weighted by molar-refractivity contribution is 0.584. The molecule has 0 radical (unpaired) electrons. The summed E-state index contributed by atoms with van der Waals surface area (Å²) < 4.78 is 26.4. The van der Waals surface area contributed by atoms with Crippen molar-refractivity contribution in [3.63, 3.8) is 0 Å². The van der Waals surface area contributed by atoms with Gasteiger partial charge in [-0.25, -0.2) is 8.78 Å². The van der Waals surface area contributed by atoms with Gasteiger partial charge in [-0.1, -0.05) is 0 Å². The molecule has 0 aliphatic rings. The average molecular weight is 329 g/mol. The van der Waals surface area contributed by atoms with E-state index in [4.69, 9.17) is 11.6 Å². The number of halogens is 3. The third kappa shape index (κ3) is 4.47. The molecule has 6 nitrogen and oxygen atoms in total. The Morgan fingerprint density at radius 3 is 2.45 bits per heavy atom. The van der Waals surface area contributed by atoms with Gasteiger partial charge in [-0.2, -0.15) is 15.0 Å². The minimum absolute atomic E-state index is 0.0133. The molecule has 0 aliphatic heterocycles. The highest BCUT2D eigenvalue weighted by Crippen LogP contribution is 2.19. The second-order valence-corrected chi connectivity index (χ2v) is 4.87. The number of nitrogens with one attached hydrogen (secondary N) is 2. The molecule has 2 rings (SSSR count). The Labute approximate surface area is 131 Å². The van der Waals surface area contributed by atoms with E-state index in [1.807, 2.05) is 7.05 Å². The molecule has 9 heteroatoms. The van der Waals surface area contributed by atoms with Gasteiger partial charge in [0.2, 0.25) is 17.2 Å². The van der Waals surface area contributed by atoms with Gasteiger partial charge in [0.25, 0.3) is 0 Å². The molecule has 0 fully saturated rings. The summed E-state index contributed by atoms with van der Waals surface area (Å²) in [5.41, 5.74) is 0.184. The lowest BCUT2D eigenvalue weighted by Gasteiger charge is -2.17. The second-order valence-electron chi connectivity index (χ2n) is 4.54. The molecule has 0 saturated carbocycles. The Morgan fingerprint density at radius 1 is 1.14 bits per heavy atom. The number of rotatable bonds is 6. The zero-order valence-corrected chi connectivity index (χ0v) is 12.8. The first-order chi connectivity index (χ1) is 10.5. The summed E-state index contributed by atoms with van der Waals surface area (Å²) in [5.74, 6) is -0.936. The highest BCUT2D eigenvalue weighted by molar-refractivity contribution is 6.28. The fourth-order valence-electron chi connectivity index (χ4n) is 1.70. The Balaban J connectivity index is 2.22. The number of anilines is 3. The zero-order chi connectivity index (χ0) is 16.1. The summed E-state index contributed by atoms with van der Waals surface area (Å²) in [6.45, 7) is 1.39. The monoisotopic (exact) mass is 328 g/mol. The van der Waals surface area contributed by atoms with Gasteiger partial charge in [0.15, 0.2) is 0 Å². The summed E-state index contributed by atoms with van der Waals surface area (Å²) in [6.07, 6.45) is 0. The van der Waals surface area contributed by atoms with Crippen LogP contribution in [0.15, 0.2) is 18.2 Å². The van der Waals surface area contributed by atoms with E-state index >= 15 is 0 Å². The molecule has 0 bridgehead atoms. The fraction of sp³-hybridized carbons (Fsp3) is 0.308. The number of hydrogen-bond acceptors (Lipinski definition) is 6. The van der Waals surface area contributed by atoms with Crippen LogP contribution in [-0.4, -0.2) is 42.1 Å². The topological polar surface area (TPSA) is 66.0 Å². The SMILES string of the molecule is CNCCN(C)c1nc(Cl)nc(Nc2cc(F)cc(F)c2)n1. The van der Waals surface area contributed by atoms with Gasteiger partial charge in [0, 0.05) is 31.9 Å². The Kier molecular flexibility index (Phi) is 5.40. The maximum Gasteiger partial charge on any atom is 0.233 e. The van der Waals surface area contributed by atoms with Crippen LogP contribution in [0.4, 0.5) is 26.4 Å². The Morgan fingerprint density at radius 2 is 1.82 bits per heavy atom. The van der Waals surface area contributed by atoms with Crippen LogP contribution in [0.3, 0.4) is 0 Å². The third-order valence-electron chi connectivity index (χ3n) is 2.75. The predicted octanol–water partition coefficient (Wildman–Crippen LogP) is 2.20. The summed E-state index contributed by atoms with van der Waals surface area (Å²) in [6, 6.07) is 3.04. The number of likely N-dealkylation sites (N-methyl/N-ethyl adjacent to an activating group) is 2. The Bertz CT molecular complexity index is 634. The van der Waals surface area contributed by atoms with Crippen molar-refractivity contribution >= 4 is 29.2 Å². The third-order valence-corrected chi connectivity index (χ3v) is 2.92. The van der Waals surface area contributed by atoms with Crippen LogP contribution in [0, 0.1) is 11.6 Å². The molecule has 0 amide bonds. The first kappa shape index (κ1) is 16.3. The quantitative estimate of drug-likeness (QED) is 0.847. The van der Waals surface area contributed by atoms with E-state index in [2.05, 4.69) is 25.6 Å². The highest BCUT2D eigenvalue weighted by Gasteiger charge is 2.10. The van der Waals surface area contributed by atoms with Gasteiger partial charge < -0.3 is 15.5 Å². The molecule has 1 aromatic carbocycles. The molecule has 1 heterocycles. The van der Waals surface area contributed by atoms with Crippen LogP contribution in [-0.2, 0) is 0 Å². The molecular formula is C13H15ClF2N6. The normalized spacial score (nSPS) is 10.6. The molecule has 118 valence electrons. The molecule has 22 heavy (non-hydrogen) atoms. The van der Waals surface area contributed by atoms with E-state index < -0.39 is 11.6 Å². The van der Waals surface area contributed by atoms with Crippen LogP contribution in [0.1, 0.15) is 0 Å². The molecule has 0 saturated heterocycles. The van der Waals surface area contributed by atoms with Crippen LogP contribution in [0.2, 0.25) is 5.28 Å². The number of nitrogens with zero attached hydrogens (tertiary/aromatic N) is 4. The van der Waals surface area contributed by atoms with E-state index in [-0.39, 0.29) is 16.9 Å². The van der Waals surface area contributed by atoms with Gasteiger partial charge in [-0.15, -0.1) is 0 Å². The smallest absolute Gasteiger partial charge is 0.233 e. The van der Waals surface area contributed by atoms with Crippen LogP contribution in [0.25, 0.3) is 0 Å². The minimum Gasteiger partial charge on any atom is -0.342 e. The van der Waals surface area contributed by atoms with E-state index in [9.17, 15) is 8.78 Å². The average Bonchev–Trinajstić information content (AvgIpc) is 2.42. The van der Waals surface area contributed by atoms with Gasteiger partial charge >= 0.3 is 0 Å². The minimum atomic E-state index is -0.700. The molecule has 0 atom stereocenters. The molecular weight excluding hydrogens is 314 g/mol. The first-order valence-electron chi connectivity index (χ1n) is 6.48. The zero-order valence-electron chi connectivity index (χ0n) is 12.1. The van der Waals surface area contributed by atoms with Gasteiger partial charge in [0.1, 0.15) is 11.6 Å². The van der Waals surface area contributed by atoms with Crippen molar-refractivity contribution in [1.82, 2.24) is 20.3 Å². The van der Waals surface area contributed by atoms with E-state index in [1.54, 1.807) is 11.9 Å². The molecule has 2 N–H and O–H groups in total. The Hall–Kier alpha value is -2.06. The molecule has 0 aliphatic carbocycles. The molecule has 0 unspecified atom stereocenters. The number of hydrogen-bond donors (Lipinski definition) is 2. The van der Waals surface area contributed by atoms with Crippen molar-refractivity contribution in [3.8, 4) is 0 Å². The maximum absolute atomic E-state index is 13.2. The summed E-state index contributed by atoms with van der Waals surface area (Å²) >= 11 is 5.86. The molecule has 2 aromatic rings. The maximum atomic E-state index is 13.2. The van der Waals surface area contributed by atoms with Gasteiger partial charge in [-0.3, -0.25) is 0 Å². The molecule has 0 spiro atoms. The number of benzene rings is 1. The van der Waals surface area contributed by atoms with E-state index in [0.717, 1.165) is 24.7 Å². The molecule has 1 aromatic heterocycles. The largest absolute Gasteiger partial charge is 0.342 e. The lowest BCUT2D eigenvalue weighted by Crippen LogP contribution is -2.28. The first-order valence-corrected chi connectivity index (χ1v) is 6.86. The van der Waals surface area contributed by atoms with Crippen molar-refractivity contribution in [2.75, 3.05) is 37.4 Å². The van der Waals surface area contributed by atoms with Crippen LogP contribution in [0.5, 0.6) is 0 Å². The summed E-state index contributed by atoms with van der Waals surface area (Å²) in [5, 5.41) is 5.70. The second kappa shape index (κ2) is 7.28. The van der Waals surface area contributed by atoms with Crippen LogP contribution >= 0.6 is 11.6 Å². The summed E-state index contributed by atoms with van der Waals surface area (Å²) in [7, 11) is 3.63. The van der Waals surface area contributed by atoms with Crippen molar-refractivity contribution in [2.45, 2.75) is 0 Å². The van der Waals surface area contributed by atoms with Crippen molar-refractivity contribution in [2.24, 2.45) is 0 Å². The standard InChI is InChI=1S/C13H15ClF2N6/c1-17-3-4-22(2)13-20-11(14)19-12(21-13)18-10-6-8(15)5-9(16)7-10/h5-7,17H,3-4H2,1-2H3,(H,18,19,20,21). The fourth-order valence-corrected chi connectivity index (χ4v) is 1.86. The number of aromatic nitrogens is 3. The van der Waals surface area contributed by atoms with Crippen molar-refractivity contribution in [1.29, 1.82) is 0 Å². The predicted molar refractivity (Wildman–Crippen MR) is 81.7 cm³/mol. The lowest BCUT2D eigenvalue weighted by atomic mass is 10.3. The highest BCUT2D eigenvalue weighted by atomic mass is 35.5. The van der Waals surface area contributed by atoms with E-state index in [0.29, 0.717) is 12.5 Å². The van der Waals surface area contributed by atoms with Crippen molar-refractivity contribution in [3.05, 3.63) is 35.1 Å².